The number of nitrogens with one attached hydrogen (secondary N) is 2. The van der Waals surface area contributed by atoms with E-state index >= 15 is 0 Å². The number of aromatic nitrogens is 1. The Balaban J connectivity index is 1.63. The summed E-state index contributed by atoms with van der Waals surface area (Å²) in [5.41, 5.74) is 6.50. The fourth-order valence-electron chi connectivity index (χ4n) is 3.50. The van der Waals surface area contributed by atoms with Crippen LogP contribution in [0.1, 0.15) is 23.9 Å². The van der Waals surface area contributed by atoms with Gasteiger partial charge in [0.1, 0.15) is 0 Å². The molecule has 0 aliphatic carbocycles. The standard InChI is InChI=1S/C24H26ClN5O4S/c1-16-13-19(17(2)30(16)22-9-5-20(25)6-10-22)14-26-28-24(32)15-29(4)35(33,34)23-11-7-21(8-12-23)27-18(3)31/h5-14H,15H2,1-4H3,(H,27,31)(H,28,32)/b26-14-. The highest BCUT2D eigenvalue weighted by atomic mass is 35.5. The second-order valence-corrected chi connectivity index (χ2v) is 10.4. The summed E-state index contributed by atoms with van der Waals surface area (Å²) in [4.78, 5) is 23.4. The van der Waals surface area contributed by atoms with Crippen molar-refractivity contribution in [2.45, 2.75) is 25.7 Å². The molecule has 3 aromatic rings. The zero-order valence-corrected chi connectivity index (χ0v) is 21.3. The molecule has 2 aromatic carbocycles. The summed E-state index contributed by atoms with van der Waals surface area (Å²) >= 11 is 5.98. The lowest BCUT2D eigenvalue weighted by molar-refractivity contribution is -0.121. The number of carbonyl (C=O) groups is 2. The van der Waals surface area contributed by atoms with Gasteiger partial charge in [-0.05, 0) is 68.4 Å². The van der Waals surface area contributed by atoms with Gasteiger partial charge in [0, 0.05) is 47.3 Å². The molecule has 0 aliphatic heterocycles. The van der Waals surface area contributed by atoms with Crippen LogP contribution >= 0.6 is 11.6 Å². The fourth-order valence-corrected chi connectivity index (χ4v) is 4.75. The molecule has 0 radical (unpaired) electrons. The maximum absolute atomic E-state index is 12.7. The Hall–Kier alpha value is -3.47. The zero-order chi connectivity index (χ0) is 25.8. The molecule has 1 heterocycles. The first-order chi connectivity index (χ1) is 16.5. The zero-order valence-electron chi connectivity index (χ0n) is 19.7. The van der Waals surface area contributed by atoms with Crippen LogP contribution in [0.2, 0.25) is 5.02 Å². The van der Waals surface area contributed by atoms with Crippen molar-refractivity contribution in [1.29, 1.82) is 0 Å². The number of amides is 2. The highest BCUT2D eigenvalue weighted by Crippen LogP contribution is 2.21. The lowest BCUT2D eigenvalue weighted by Gasteiger charge is -2.16. The van der Waals surface area contributed by atoms with E-state index in [9.17, 15) is 18.0 Å². The molecule has 1 aromatic heterocycles. The predicted molar refractivity (Wildman–Crippen MR) is 137 cm³/mol. The molecule has 0 saturated heterocycles. The third kappa shape index (κ3) is 6.36. The van der Waals surface area contributed by atoms with Crippen LogP contribution in [0.5, 0.6) is 0 Å². The summed E-state index contributed by atoms with van der Waals surface area (Å²) in [5.74, 6) is -0.851. The maximum Gasteiger partial charge on any atom is 0.255 e. The van der Waals surface area contributed by atoms with Crippen molar-refractivity contribution in [3.05, 3.63) is 76.6 Å². The van der Waals surface area contributed by atoms with Crippen molar-refractivity contribution in [2.24, 2.45) is 5.10 Å². The first kappa shape index (κ1) is 26.1. The van der Waals surface area contributed by atoms with Gasteiger partial charge in [-0.2, -0.15) is 9.41 Å². The van der Waals surface area contributed by atoms with Gasteiger partial charge >= 0.3 is 0 Å². The Morgan fingerprint density at radius 1 is 1.09 bits per heavy atom. The monoisotopic (exact) mass is 515 g/mol. The average Bonchev–Trinajstić information content (AvgIpc) is 3.07. The predicted octanol–water partition coefficient (Wildman–Crippen LogP) is 3.48. The Morgan fingerprint density at radius 3 is 2.31 bits per heavy atom. The van der Waals surface area contributed by atoms with E-state index in [-0.39, 0.29) is 10.8 Å². The van der Waals surface area contributed by atoms with E-state index < -0.39 is 22.5 Å². The lowest BCUT2D eigenvalue weighted by atomic mass is 10.2. The average molecular weight is 516 g/mol. The minimum Gasteiger partial charge on any atom is -0.326 e. The molecule has 0 fully saturated rings. The summed E-state index contributed by atoms with van der Waals surface area (Å²) in [6, 6.07) is 15.1. The Bertz CT molecular complexity index is 1360. The van der Waals surface area contributed by atoms with Crippen LogP contribution < -0.4 is 10.7 Å². The van der Waals surface area contributed by atoms with E-state index in [4.69, 9.17) is 11.6 Å². The van der Waals surface area contributed by atoms with Crippen LogP contribution in [-0.4, -0.2) is 48.9 Å². The molecule has 2 N–H and O–H groups in total. The molecule has 0 atom stereocenters. The molecule has 0 spiro atoms. The third-order valence-corrected chi connectivity index (χ3v) is 7.27. The molecule has 0 saturated carbocycles. The molecule has 184 valence electrons. The number of rotatable bonds is 8. The number of benzene rings is 2. The SMILES string of the molecule is CC(=O)Nc1ccc(S(=O)(=O)N(C)CC(=O)N/N=C\c2cc(C)n(-c3ccc(Cl)cc3)c2C)cc1. The molecule has 35 heavy (non-hydrogen) atoms. The lowest BCUT2D eigenvalue weighted by Crippen LogP contribution is -2.36. The largest absolute Gasteiger partial charge is 0.326 e. The second-order valence-electron chi connectivity index (χ2n) is 7.90. The normalized spacial score (nSPS) is 11.7. The van der Waals surface area contributed by atoms with E-state index in [1.807, 2.05) is 48.7 Å². The van der Waals surface area contributed by atoms with Crippen molar-refractivity contribution in [2.75, 3.05) is 18.9 Å². The van der Waals surface area contributed by atoms with Gasteiger partial charge in [0.2, 0.25) is 15.9 Å². The van der Waals surface area contributed by atoms with E-state index in [1.165, 1.54) is 44.5 Å². The highest BCUT2D eigenvalue weighted by molar-refractivity contribution is 7.89. The van der Waals surface area contributed by atoms with E-state index in [1.54, 1.807) is 0 Å². The number of aryl methyl sites for hydroxylation is 1. The molecule has 9 nitrogen and oxygen atoms in total. The van der Waals surface area contributed by atoms with Crippen molar-refractivity contribution in [3.63, 3.8) is 0 Å². The molecule has 2 amide bonds. The van der Waals surface area contributed by atoms with Crippen molar-refractivity contribution < 1.29 is 18.0 Å². The van der Waals surface area contributed by atoms with Gasteiger partial charge in [0.15, 0.2) is 0 Å². The minimum atomic E-state index is -3.90. The maximum atomic E-state index is 12.7. The summed E-state index contributed by atoms with van der Waals surface area (Å²) in [6.45, 7) is 4.83. The van der Waals surface area contributed by atoms with Crippen molar-refractivity contribution in [1.82, 2.24) is 14.3 Å². The number of nitrogens with zero attached hydrogens (tertiary/aromatic N) is 3. The molecule has 11 heteroatoms. The number of hydrogen-bond acceptors (Lipinski definition) is 5. The third-order valence-electron chi connectivity index (χ3n) is 5.20. The first-order valence-corrected chi connectivity index (χ1v) is 12.4. The molecule has 0 unspecified atom stereocenters. The molecule has 3 rings (SSSR count). The van der Waals surface area contributed by atoms with Crippen LogP contribution in [0.15, 0.2) is 64.6 Å². The van der Waals surface area contributed by atoms with E-state index in [2.05, 4.69) is 15.8 Å². The number of likely N-dealkylation sites (N-methyl/N-ethyl adjacent to an activating group) is 1. The Kier molecular flexibility index (Phi) is 8.11. The van der Waals surface area contributed by atoms with Gasteiger partial charge in [-0.25, -0.2) is 13.8 Å². The van der Waals surface area contributed by atoms with Crippen LogP contribution in [0, 0.1) is 13.8 Å². The second kappa shape index (κ2) is 10.9. The smallest absolute Gasteiger partial charge is 0.255 e. The quantitative estimate of drug-likeness (QED) is 0.353. The summed E-state index contributed by atoms with van der Waals surface area (Å²) < 4.78 is 28.5. The number of halogens is 1. The summed E-state index contributed by atoms with van der Waals surface area (Å²) in [6.07, 6.45) is 1.52. The van der Waals surface area contributed by atoms with E-state index in [0.29, 0.717) is 10.7 Å². The first-order valence-electron chi connectivity index (χ1n) is 10.6. The fraction of sp³-hybridized carbons (Fsp3) is 0.208. The van der Waals surface area contributed by atoms with Crippen LogP contribution in [0.3, 0.4) is 0 Å². The number of sulfonamides is 1. The minimum absolute atomic E-state index is 0.0000394. The molecule has 0 aliphatic rings. The van der Waals surface area contributed by atoms with Crippen LogP contribution in [-0.2, 0) is 19.6 Å². The number of carbonyl (C=O) groups excluding carboxylic acids is 2. The van der Waals surface area contributed by atoms with Crippen LogP contribution in [0.25, 0.3) is 5.69 Å². The van der Waals surface area contributed by atoms with Crippen molar-refractivity contribution >= 4 is 45.3 Å². The summed E-state index contributed by atoms with van der Waals surface area (Å²) in [7, 11) is -2.60. The van der Waals surface area contributed by atoms with Crippen molar-refractivity contribution in [3.8, 4) is 5.69 Å². The topological polar surface area (TPSA) is 113 Å². The van der Waals surface area contributed by atoms with Gasteiger partial charge < -0.3 is 9.88 Å². The number of hydrogen-bond donors (Lipinski definition) is 2. The number of hydrazone groups is 1. The Labute approximate surface area is 209 Å². The van der Waals surface area contributed by atoms with Gasteiger partial charge in [-0.3, -0.25) is 9.59 Å². The summed E-state index contributed by atoms with van der Waals surface area (Å²) in [5, 5.41) is 7.21. The molecular formula is C24H26ClN5O4S. The molecule has 0 bridgehead atoms. The molecular weight excluding hydrogens is 490 g/mol. The van der Waals surface area contributed by atoms with Gasteiger partial charge in [0.05, 0.1) is 17.7 Å². The van der Waals surface area contributed by atoms with Crippen LogP contribution in [0.4, 0.5) is 5.69 Å². The highest BCUT2D eigenvalue weighted by Gasteiger charge is 2.23. The van der Waals surface area contributed by atoms with E-state index in [0.717, 1.165) is 26.9 Å². The van der Waals surface area contributed by atoms with Gasteiger partial charge in [0.25, 0.3) is 5.91 Å². The Morgan fingerprint density at radius 2 is 1.71 bits per heavy atom. The number of anilines is 1. The van der Waals surface area contributed by atoms with Gasteiger partial charge in [-0.15, -0.1) is 0 Å². The van der Waals surface area contributed by atoms with Gasteiger partial charge in [-0.1, -0.05) is 11.6 Å².